The third-order valence-corrected chi connectivity index (χ3v) is 4.46. The van der Waals surface area contributed by atoms with E-state index in [9.17, 15) is 15.2 Å². The number of halogens is 2. The first-order valence-electron chi connectivity index (χ1n) is 9.35. The number of phenolic OH excluding ortho intramolecular Hbond substituents is 1. The summed E-state index contributed by atoms with van der Waals surface area (Å²) in [5, 5.41) is 22.7. The van der Waals surface area contributed by atoms with Crippen LogP contribution in [0.15, 0.2) is 48.1 Å². The number of nitrogens with one attached hydrogen (secondary N) is 1. The van der Waals surface area contributed by atoms with Crippen LogP contribution in [0.4, 0.5) is 0 Å². The van der Waals surface area contributed by atoms with Gasteiger partial charge < -0.3 is 19.9 Å². The predicted molar refractivity (Wildman–Crippen MR) is 124 cm³/mol. The van der Waals surface area contributed by atoms with Crippen LogP contribution in [0, 0.1) is 11.3 Å². The van der Waals surface area contributed by atoms with Crippen LogP contribution in [0.2, 0.25) is 10.0 Å². The third-order valence-electron chi connectivity index (χ3n) is 3.87. The SMILES string of the molecule is CC.COc1cc(/C=C/C=C(\C#N)C(=O)NCc2ccc(Cl)cc2Cl)cc(OC)c1O. The number of carbonyl (C=O) groups excluding carboxylic acids is 1. The molecule has 6 nitrogen and oxygen atoms in total. The largest absolute Gasteiger partial charge is 0.502 e. The van der Waals surface area contributed by atoms with Crippen LogP contribution in [0.5, 0.6) is 17.2 Å². The highest BCUT2D eigenvalue weighted by molar-refractivity contribution is 6.35. The summed E-state index contributed by atoms with van der Waals surface area (Å²) in [7, 11) is 2.85. The van der Waals surface area contributed by atoms with E-state index in [1.165, 1.54) is 20.3 Å². The van der Waals surface area contributed by atoms with Gasteiger partial charge in [0.25, 0.3) is 5.91 Å². The van der Waals surface area contributed by atoms with E-state index in [-0.39, 0.29) is 29.4 Å². The second-order valence-corrected chi connectivity index (χ2v) is 6.59. The van der Waals surface area contributed by atoms with Crippen LogP contribution in [-0.2, 0) is 11.3 Å². The molecule has 1 amide bonds. The van der Waals surface area contributed by atoms with Crippen molar-refractivity contribution in [2.45, 2.75) is 20.4 Å². The average molecular weight is 463 g/mol. The second kappa shape index (κ2) is 13.2. The fraction of sp³-hybridized carbons (Fsp3) is 0.217. The van der Waals surface area contributed by atoms with Gasteiger partial charge in [0, 0.05) is 16.6 Å². The fourth-order valence-electron chi connectivity index (χ4n) is 2.36. The molecule has 0 aromatic heterocycles. The number of aromatic hydroxyl groups is 1. The second-order valence-electron chi connectivity index (χ2n) is 5.74. The first-order valence-corrected chi connectivity index (χ1v) is 10.1. The molecule has 0 bridgehead atoms. The third kappa shape index (κ3) is 7.56. The van der Waals surface area contributed by atoms with Crippen molar-refractivity contribution in [3.63, 3.8) is 0 Å². The van der Waals surface area contributed by atoms with Gasteiger partial charge in [0.05, 0.1) is 14.2 Å². The maximum absolute atomic E-state index is 12.2. The highest BCUT2D eigenvalue weighted by atomic mass is 35.5. The Bertz CT molecular complexity index is 986. The zero-order valence-electron chi connectivity index (χ0n) is 17.7. The van der Waals surface area contributed by atoms with E-state index in [2.05, 4.69) is 5.32 Å². The van der Waals surface area contributed by atoms with Crippen LogP contribution in [0.3, 0.4) is 0 Å². The lowest BCUT2D eigenvalue weighted by Crippen LogP contribution is -2.24. The van der Waals surface area contributed by atoms with E-state index >= 15 is 0 Å². The van der Waals surface area contributed by atoms with Crippen LogP contribution in [-0.4, -0.2) is 25.2 Å². The number of ether oxygens (including phenoxy) is 2. The van der Waals surface area contributed by atoms with Gasteiger partial charge in [0.15, 0.2) is 11.5 Å². The standard InChI is InChI=1S/C21H18Cl2N2O4.C2H6/c1-28-18-8-13(9-19(29-2)20(18)26)4-3-5-14(11-24)21(27)25-12-15-6-7-16(22)10-17(15)23;1-2/h3-10,26H,12H2,1-2H3,(H,25,27);1-2H3/b4-3+,14-5+;. The summed E-state index contributed by atoms with van der Waals surface area (Å²) in [4.78, 5) is 12.2. The first kappa shape index (κ1) is 25.9. The fourth-order valence-corrected chi connectivity index (χ4v) is 2.84. The molecule has 31 heavy (non-hydrogen) atoms. The molecule has 0 radical (unpaired) electrons. The van der Waals surface area contributed by atoms with Gasteiger partial charge in [-0.25, -0.2) is 0 Å². The summed E-state index contributed by atoms with van der Waals surface area (Å²) in [5.74, 6) is -0.165. The summed E-state index contributed by atoms with van der Waals surface area (Å²) < 4.78 is 10.2. The Kier molecular flexibility index (Phi) is 11.0. The van der Waals surface area contributed by atoms with E-state index in [0.717, 1.165) is 0 Å². The summed E-state index contributed by atoms with van der Waals surface area (Å²) in [5.41, 5.74) is 1.25. The molecule has 8 heteroatoms. The molecule has 0 heterocycles. The van der Waals surface area contributed by atoms with Crippen molar-refractivity contribution >= 4 is 35.2 Å². The van der Waals surface area contributed by atoms with Crippen molar-refractivity contribution in [1.82, 2.24) is 5.32 Å². The van der Waals surface area contributed by atoms with Gasteiger partial charge in [-0.3, -0.25) is 4.79 Å². The number of carbonyl (C=O) groups is 1. The van der Waals surface area contributed by atoms with Gasteiger partial charge in [0.2, 0.25) is 5.75 Å². The van der Waals surface area contributed by atoms with Crippen molar-refractivity contribution in [2.24, 2.45) is 0 Å². The van der Waals surface area contributed by atoms with Gasteiger partial charge in [-0.1, -0.05) is 55.3 Å². The van der Waals surface area contributed by atoms with E-state index in [1.807, 2.05) is 19.9 Å². The highest BCUT2D eigenvalue weighted by Crippen LogP contribution is 2.37. The number of phenols is 1. The zero-order valence-corrected chi connectivity index (χ0v) is 19.2. The molecule has 0 saturated heterocycles. The number of methoxy groups -OCH3 is 2. The number of nitriles is 1. The monoisotopic (exact) mass is 462 g/mol. The Morgan fingerprint density at radius 1 is 1.16 bits per heavy atom. The maximum Gasteiger partial charge on any atom is 0.262 e. The average Bonchev–Trinajstić information content (AvgIpc) is 2.78. The minimum absolute atomic E-state index is 0.0796. The number of hydrogen-bond donors (Lipinski definition) is 2. The molecule has 2 aromatic rings. The van der Waals surface area contributed by atoms with Crippen LogP contribution >= 0.6 is 23.2 Å². The van der Waals surface area contributed by atoms with Crippen molar-refractivity contribution in [3.05, 3.63) is 69.2 Å². The molecular formula is C23H24Cl2N2O4. The Hall–Kier alpha value is -3.14. The van der Waals surface area contributed by atoms with Gasteiger partial charge >= 0.3 is 0 Å². The molecule has 0 fully saturated rings. The molecule has 0 aliphatic carbocycles. The molecule has 0 unspecified atom stereocenters. The predicted octanol–water partition coefficient (Wildman–Crippen LogP) is 5.52. The number of amides is 1. The van der Waals surface area contributed by atoms with Gasteiger partial charge in [-0.05, 0) is 41.5 Å². The Labute approximate surface area is 192 Å². The lowest BCUT2D eigenvalue weighted by molar-refractivity contribution is -0.117. The maximum atomic E-state index is 12.2. The number of nitrogens with zero attached hydrogens (tertiary/aromatic N) is 1. The minimum atomic E-state index is -0.538. The molecule has 0 aliphatic heterocycles. The van der Waals surface area contributed by atoms with E-state index in [1.54, 1.807) is 42.5 Å². The molecular weight excluding hydrogens is 439 g/mol. The topological polar surface area (TPSA) is 91.6 Å². The summed E-state index contributed by atoms with van der Waals surface area (Å²) in [6.07, 6.45) is 4.56. The van der Waals surface area contributed by atoms with Crippen molar-refractivity contribution < 1.29 is 19.4 Å². The van der Waals surface area contributed by atoms with Gasteiger partial charge in [0.1, 0.15) is 11.6 Å². The van der Waals surface area contributed by atoms with E-state index in [4.69, 9.17) is 32.7 Å². The smallest absolute Gasteiger partial charge is 0.262 e. The van der Waals surface area contributed by atoms with Crippen LogP contribution in [0.25, 0.3) is 6.08 Å². The van der Waals surface area contributed by atoms with E-state index < -0.39 is 5.91 Å². The normalized spacial score (nSPS) is 10.7. The number of benzene rings is 2. The molecule has 164 valence electrons. The van der Waals surface area contributed by atoms with Gasteiger partial charge in [-0.2, -0.15) is 5.26 Å². The van der Waals surface area contributed by atoms with E-state index in [0.29, 0.717) is 21.2 Å². The summed E-state index contributed by atoms with van der Waals surface area (Å²) >= 11 is 11.9. The lowest BCUT2D eigenvalue weighted by Gasteiger charge is -2.09. The highest BCUT2D eigenvalue weighted by Gasteiger charge is 2.11. The van der Waals surface area contributed by atoms with Gasteiger partial charge in [-0.15, -0.1) is 0 Å². The molecule has 0 saturated carbocycles. The summed E-state index contributed by atoms with van der Waals surface area (Å²) in [6, 6.07) is 9.99. The molecule has 2 aromatic carbocycles. The summed E-state index contributed by atoms with van der Waals surface area (Å²) in [6.45, 7) is 4.16. The van der Waals surface area contributed by atoms with Crippen molar-refractivity contribution in [2.75, 3.05) is 14.2 Å². The quantitative estimate of drug-likeness (QED) is 0.321. The molecule has 2 N–H and O–H groups in total. The van der Waals surface area contributed by atoms with Crippen LogP contribution < -0.4 is 14.8 Å². The van der Waals surface area contributed by atoms with Crippen molar-refractivity contribution in [1.29, 1.82) is 5.26 Å². The molecule has 0 aliphatic rings. The Morgan fingerprint density at radius 3 is 2.29 bits per heavy atom. The lowest BCUT2D eigenvalue weighted by atomic mass is 10.1. The zero-order chi connectivity index (χ0) is 23.4. The molecule has 0 spiro atoms. The first-order chi connectivity index (χ1) is 14.9. The van der Waals surface area contributed by atoms with Crippen LogP contribution in [0.1, 0.15) is 25.0 Å². The molecule has 2 rings (SSSR count). The Morgan fingerprint density at radius 2 is 1.77 bits per heavy atom. The number of hydrogen-bond acceptors (Lipinski definition) is 5. The number of allylic oxidation sites excluding steroid dienone is 2. The van der Waals surface area contributed by atoms with Crippen molar-refractivity contribution in [3.8, 4) is 23.3 Å². The molecule has 0 atom stereocenters. The Balaban J connectivity index is 0.00000233. The minimum Gasteiger partial charge on any atom is -0.502 e. The number of rotatable bonds is 7.